The molecule has 1 aromatic carbocycles. The molecule has 1 aliphatic rings. The summed E-state index contributed by atoms with van der Waals surface area (Å²) in [6.45, 7) is 7.75. The lowest BCUT2D eigenvalue weighted by atomic mass is 9.93. The number of aliphatic imine (C=N–C) groups is 1. The molecule has 32 heavy (non-hydrogen) atoms. The van der Waals surface area contributed by atoms with Gasteiger partial charge in [-0.25, -0.2) is 4.98 Å². The molecule has 1 aliphatic heterocycles. The molecule has 0 radical (unpaired) electrons. The summed E-state index contributed by atoms with van der Waals surface area (Å²) in [6.07, 6.45) is 10.7. The van der Waals surface area contributed by atoms with E-state index in [1.807, 2.05) is 41.6 Å². The normalized spacial score (nSPS) is 20.0. The largest absolute Gasteiger partial charge is 0.357 e. The highest BCUT2D eigenvalue weighted by Gasteiger charge is 2.29. The Bertz CT molecular complexity index is 957. The van der Waals surface area contributed by atoms with Gasteiger partial charge in [0.2, 0.25) is 0 Å². The number of nitrogens with zero attached hydrogens (tertiary/aromatic N) is 6. The number of likely N-dealkylation sites (tertiary alicyclic amines) is 1. The second-order valence-electron chi connectivity index (χ2n) is 8.04. The minimum atomic E-state index is 0. The Labute approximate surface area is 211 Å². The Morgan fingerprint density at radius 1 is 1.25 bits per heavy atom. The molecule has 0 saturated carbocycles. The second kappa shape index (κ2) is 11.7. The molecule has 3 heterocycles. The fourth-order valence-corrected chi connectivity index (χ4v) is 4.31. The molecule has 2 aromatic heterocycles. The average Bonchev–Trinajstić information content (AvgIpc) is 3.49. The summed E-state index contributed by atoms with van der Waals surface area (Å²) in [5.74, 6) is 1.55. The smallest absolute Gasteiger partial charge is 0.194 e. The molecule has 3 atom stereocenters. The summed E-state index contributed by atoms with van der Waals surface area (Å²) in [5, 5.41) is 8.70. The quantitative estimate of drug-likeness (QED) is 0.271. The Balaban J connectivity index is 0.00000289. The van der Waals surface area contributed by atoms with Crippen molar-refractivity contribution in [1.29, 1.82) is 0 Å². The first-order chi connectivity index (χ1) is 15.2. The van der Waals surface area contributed by atoms with Gasteiger partial charge in [0, 0.05) is 49.4 Å². The zero-order chi connectivity index (χ0) is 21.6. The Morgan fingerprint density at radius 2 is 2.06 bits per heavy atom. The molecule has 1 N–H and O–H groups in total. The molecule has 4 rings (SSSR count). The van der Waals surface area contributed by atoms with Crippen LogP contribution in [-0.4, -0.2) is 56.4 Å². The second-order valence-corrected chi connectivity index (χ2v) is 8.47. The molecule has 1 saturated heterocycles. The monoisotopic (exact) mass is 567 g/mol. The lowest BCUT2D eigenvalue weighted by Gasteiger charge is -2.39. The van der Waals surface area contributed by atoms with Gasteiger partial charge in [0.15, 0.2) is 5.96 Å². The molecule has 9 heteroatoms. The summed E-state index contributed by atoms with van der Waals surface area (Å²) in [5.41, 5.74) is 1.14. The van der Waals surface area contributed by atoms with Gasteiger partial charge in [-0.15, -0.1) is 24.0 Å². The van der Waals surface area contributed by atoms with E-state index < -0.39 is 0 Å². The van der Waals surface area contributed by atoms with Crippen molar-refractivity contribution < 1.29 is 0 Å². The maximum atomic E-state index is 6.11. The maximum absolute atomic E-state index is 6.11. The molecule has 172 valence electrons. The van der Waals surface area contributed by atoms with E-state index in [-0.39, 0.29) is 30.0 Å². The Hall–Kier alpha value is -2.07. The van der Waals surface area contributed by atoms with E-state index >= 15 is 0 Å². The van der Waals surface area contributed by atoms with Gasteiger partial charge in [-0.1, -0.05) is 30.7 Å². The van der Waals surface area contributed by atoms with Gasteiger partial charge >= 0.3 is 0 Å². The Kier molecular flexibility index (Phi) is 8.98. The van der Waals surface area contributed by atoms with Crippen LogP contribution in [0.5, 0.6) is 0 Å². The maximum Gasteiger partial charge on any atom is 0.194 e. The highest BCUT2D eigenvalue weighted by molar-refractivity contribution is 14.0. The van der Waals surface area contributed by atoms with Crippen LogP contribution in [-0.2, 0) is 0 Å². The SMILES string of the molecule is CCNC(=NCC(c1ccc(Cl)cc1)n1cccn1)N1CCC(C)C(n2ccnc2)C1.I. The van der Waals surface area contributed by atoms with Crippen LogP contribution in [0.4, 0.5) is 0 Å². The van der Waals surface area contributed by atoms with E-state index in [1.54, 1.807) is 6.20 Å². The van der Waals surface area contributed by atoms with E-state index in [9.17, 15) is 0 Å². The van der Waals surface area contributed by atoms with E-state index in [2.05, 4.69) is 57.0 Å². The minimum absolute atomic E-state index is 0. The van der Waals surface area contributed by atoms with Crippen LogP contribution in [0.2, 0.25) is 5.02 Å². The predicted molar refractivity (Wildman–Crippen MR) is 140 cm³/mol. The molecule has 7 nitrogen and oxygen atoms in total. The molecule has 3 unspecified atom stereocenters. The highest BCUT2D eigenvalue weighted by Crippen LogP contribution is 2.27. The number of benzene rings is 1. The summed E-state index contributed by atoms with van der Waals surface area (Å²) in [6, 6.07) is 10.3. The number of aromatic nitrogens is 4. The van der Waals surface area contributed by atoms with Gasteiger partial charge in [0.1, 0.15) is 0 Å². The number of guanidine groups is 1. The predicted octanol–water partition coefficient (Wildman–Crippen LogP) is 4.49. The van der Waals surface area contributed by atoms with Crippen molar-refractivity contribution in [3.63, 3.8) is 0 Å². The van der Waals surface area contributed by atoms with E-state index in [4.69, 9.17) is 16.6 Å². The molecule has 0 amide bonds. The Morgan fingerprint density at radius 3 is 2.72 bits per heavy atom. The number of rotatable bonds is 6. The fourth-order valence-electron chi connectivity index (χ4n) is 4.19. The van der Waals surface area contributed by atoms with Crippen LogP contribution in [0.1, 0.15) is 37.9 Å². The van der Waals surface area contributed by atoms with Crippen LogP contribution in [0, 0.1) is 5.92 Å². The van der Waals surface area contributed by atoms with Crippen LogP contribution in [0.15, 0.2) is 66.4 Å². The van der Waals surface area contributed by atoms with Crippen LogP contribution in [0.3, 0.4) is 0 Å². The van der Waals surface area contributed by atoms with Gasteiger partial charge < -0.3 is 14.8 Å². The van der Waals surface area contributed by atoms with Gasteiger partial charge in [-0.3, -0.25) is 9.67 Å². The first kappa shape index (κ1) is 24.6. The number of hydrogen-bond donors (Lipinski definition) is 1. The first-order valence-corrected chi connectivity index (χ1v) is 11.3. The third-order valence-corrected chi connectivity index (χ3v) is 6.23. The van der Waals surface area contributed by atoms with Gasteiger partial charge in [-0.2, -0.15) is 5.10 Å². The molecule has 0 spiro atoms. The molecule has 0 bridgehead atoms. The van der Waals surface area contributed by atoms with Crippen molar-refractivity contribution in [3.8, 4) is 0 Å². The summed E-state index contributed by atoms with van der Waals surface area (Å²) in [4.78, 5) is 11.7. The standard InChI is InChI=1S/C23H30ClN7.HI/c1-3-26-23(29-13-9-18(2)22(16-29)30-14-11-25-17-30)27-15-21(31-12-4-10-28-31)19-5-7-20(24)8-6-19;/h4-8,10-12,14,17-18,21-22H,3,9,13,15-16H2,1-2H3,(H,26,27);1H. The van der Waals surface area contributed by atoms with Crippen molar-refractivity contribution in [2.45, 2.75) is 32.4 Å². The van der Waals surface area contributed by atoms with Crippen LogP contribution >= 0.6 is 35.6 Å². The molecule has 0 aliphatic carbocycles. The van der Waals surface area contributed by atoms with Crippen LogP contribution in [0.25, 0.3) is 0 Å². The molecule has 1 fully saturated rings. The van der Waals surface area contributed by atoms with Gasteiger partial charge in [-0.05, 0) is 43.0 Å². The van der Waals surface area contributed by atoms with E-state index in [0.717, 1.165) is 42.6 Å². The summed E-state index contributed by atoms with van der Waals surface area (Å²) in [7, 11) is 0. The van der Waals surface area contributed by atoms with E-state index in [1.165, 1.54) is 0 Å². The number of halogens is 2. The van der Waals surface area contributed by atoms with Gasteiger partial charge in [0.25, 0.3) is 0 Å². The number of hydrogen-bond acceptors (Lipinski definition) is 3. The summed E-state index contributed by atoms with van der Waals surface area (Å²) >= 11 is 6.11. The van der Waals surface area contributed by atoms with Crippen molar-refractivity contribution in [1.82, 2.24) is 29.5 Å². The third kappa shape index (κ3) is 5.83. The van der Waals surface area contributed by atoms with E-state index in [0.29, 0.717) is 18.5 Å². The van der Waals surface area contributed by atoms with Crippen molar-refractivity contribution in [2.24, 2.45) is 10.9 Å². The van der Waals surface area contributed by atoms with Crippen molar-refractivity contribution in [2.75, 3.05) is 26.2 Å². The van der Waals surface area contributed by atoms with Crippen molar-refractivity contribution >= 4 is 41.5 Å². The van der Waals surface area contributed by atoms with Gasteiger partial charge in [0.05, 0.1) is 25.0 Å². The zero-order valence-electron chi connectivity index (χ0n) is 18.5. The molecule has 3 aromatic rings. The number of imidazole rings is 1. The molecular weight excluding hydrogens is 537 g/mol. The van der Waals surface area contributed by atoms with Crippen molar-refractivity contribution in [3.05, 3.63) is 72.0 Å². The minimum Gasteiger partial charge on any atom is -0.357 e. The first-order valence-electron chi connectivity index (χ1n) is 10.9. The lowest BCUT2D eigenvalue weighted by Crippen LogP contribution is -2.49. The zero-order valence-corrected chi connectivity index (χ0v) is 21.6. The third-order valence-electron chi connectivity index (χ3n) is 5.97. The fraction of sp³-hybridized carbons (Fsp3) is 0.435. The lowest BCUT2D eigenvalue weighted by molar-refractivity contribution is 0.189. The molecular formula is C23H31ClIN7. The number of nitrogens with one attached hydrogen (secondary N) is 1. The number of piperidine rings is 1. The average molecular weight is 568 g/mol. The topological polar surface area (TPSA) is 63.3 Å². The van der Waals surface area contributed by atoms with Crippen LogP contribution < -0.4 is 5.32 Å². The summed E-state index contributed by atoms with van der Waals surface area (Å²) < 4.78 is 4.18. The highest BCUT2D eigenvalue weighted by atomic mass is 127.